The van der Waals surface area contributed by atoms with Crippen molar-refractivity contribution >= 4 is 17.5 Å². The summed E-state index contributed by atoms with van der Waals surface area (Å²) in [4.78, 5) is 22.5. The summed E-state index contributed by atoms with van der Waals surface area (Å²) in [5, 5.41) is 5.22. The van der Waals surface area contributed by atoms with Crippen LogP contribution in [0.3, 0.4) is 0 Å². The lowest BCUT2D eigenvalue weighted by Gasteiger charge is -2.08. The van der Waals surface area contributed by atoms with Gasteiger partial charge in [0.25, 0.3) is 0 Å². The van der Waals surface area contributed by atoms with Gasteiger partial charge in [-0.05, 0) is 24.6 Å². The monoisotopic (exact) mass is 235 g/mol. The second-order valence-corrected chi connectivity index (χ2v) is 3.82. The fraction of sp³-hybridized carbons (Fsp3) is 0.333. The molecule has 1 unspecified atom stereocenters. The van der Waals surface area contributed by atoms with Crippen molar-refractivity contribution in [1.82, 2.24) is 5.32 Å². The lowest BCUT2D eigenvalue weighted by Crippen LogP contribution is -2.32. The molecule has 5 nitrogen and oxygen atoms in total. The molecular weight excluding hydrogens is 218 g/mol. The number of nitrogens with two attached hydrogens (primary N) is 1. The van der Waals surface area contributed by atoms with Crippen molar-refractivity contribution in [3.63, 3.8) is 0 Å². The number of hydrogen-bond acceptors (Lipinski definition) is 3. The highest BCUT2D eigenvalue weighted by Crippen LogP contribution is 2.10. The first-order chi connectivity index (χ1) is 8.02. The molecule has 0 fully saturated rings. The number of rotatable bonds is 4. The molecule has 1 aromatic rings. The summed E-state index contributed by atoms with van der Waals surface area (Å²) in [5.74, 6) is -0.276. The van der Waals surface area contributed by atoms with E-state index < -0.39 is 6.04 Å². The fourth-order valence-electron chi connectivity index (χ4n) is 1.24. The van der Waals surface area contributed by atoms with Crippen molar-refractivity contribution in [1.29, 1.82) is 0 Å². The number of likely N-dealkylation sites (N-methyl/N-ethyl adjacent to an activating group) is 1. The molecule has 0 radical (unpaired) electrons. The van der Waals surface area contributed by atoms with E-state index in [-0.39, 0.29) is 11.8 Å². The van der Waals surface area contributed by atoms with Gasteiger partial charge >= 0.3 is 0 Å². The van der Waals surface area contributed by atoms with Crippen LogP contribution in [0, 0.1) is 0 Å². The number of hydrogen-bond donors (Lipinski definition) is 3. The van der Waals surface area contributed by atoms with E-state index in [2.05, 4.69) is 10.6 Å². The minimum Gasteiger partial charge on any atom is -0.359 e. The first-order valence-electron chi connectivity index (χ1n) is 5.39. The number of carbonyl (C=O) groups is 2. The molecule has 1 atom stereocenters. The SMILES string of the molecule is CNC(=O)Cc1ccc(NC(=O)C(C)N)cc1. The van der Waals surface area contributed by atoms with Crippen molar-refractivity contribution in [3.05, 3.63) is 29.8 Å². The van der Waals surface area contributed by atoms with Crippen LogP contribution < -0.4 is 16.4 Å². The smallest absolute Gasteiger partial charge is 0.240 e. The van der Waals surface area contributed by atoms with Crippen molar-refractivity contribution in [2.24, 2.45) is 5.73 Å². The third-order valence-corrected chi connectivity index (χ3v) is 2.28. The summed E-state index contributed by atoms with van der Waals surface area (Å²) in [5.41, 5.74) is 7.00. The van der Waals surface area contributed by atoms with Gasteiger partial charge in [-0.1, -0.05) is 12.1 Å². The average Bonchev–Trinajstić information content (AvgIpc) is 2.31. The van der Waals surface area contributed by atoms with Crippen LogP contribution >= 0.6 is 0 Å². The molecule has 0 heterocycles. The predicted octanol–water partition coefficient (Wildman–Crippen LogP) is 0.261. The zero-order valence-electron chi connectivity index (χ0n) is 9.99. The summed E-state index contributed by atoms with van der Waals surface area (Å²) in [6.45, 7) is 1.62. The maximum Gasteiger partial charge on any atom is 0.240 e. The second-order valence-electron chi connectivity index (χ2n) is 3.82. The molecule has 1 aromatic carbocycles. The Bertz CT molecular complexity index is 399. The minimum atomic E-state index is -0.541. The Morgan fingerprint density at radius 3 is 2.35 bits per heavy atom. The molecule has 0 aliphatic rings. The predicted molar refractivity (Wildman–Crippen MR) is 66.5 cm³/mol. The van der Waals surface area contributed by atoms with Gasteiger partial charge in [0.05, 0.1) is 12.5 Å². The van der Waals surface area contributed by atoms with Crippen LogP contribution in [0.25, 0.3) is 0 Å². The topological polar surface area (TPSA) is 84.2 Å². The molecule has 0 aromatic heterocycles. The van der Waals surface area contributed by atoms with E-state index in [0.717, 1.165) is 5.56 Å². The highest BCUT2D eigenvalue weighted by Gasteiger charge is 2.07. The Morgan fingerprint density at radius 2 is 1.88 bits per heavy atom. The van der Waals surface area contributed by atoms with E-state index in [9.17, 15) is 9.59 Å². The summed E-state index contributed by atoms with van der Waals surface area (Å²) >= 11 is 0. The van der Waals surface area contributed by atoms with Crippen molar-refractivity contribution in [2.75, 3.05) is 12.4 Å². The van der Waals surface area contributed by atoms with Gasteiger partial charge in [0, 0.05) is 12.7 Å². The van der Waals surface area contributed by atoms with Gasteiger partial charge in [-0.3, -0.25) is 9.59 Å². The molecule has 0 aliphatic carbocycles. The van der Waals surface area contributed by atoms with Gasteiger partial charge < -0.3 is 16.4 Å². The minimum absolute atomic E-state index is 0.0441. The fourth-order valence-corrected chi connectivity index (χ4v) is 1.24. The lowest BCUT2D eigenvalue weighted by molar-refractivity contribution is -0.120. The summed E-state index contributed by atoms with van der Waals surface area (Å²) in [7, 11) is 1.60. The van der Waals surface area contributed by atoms with Crippen molar-refractivity contribution in [3.8, 4) is 0 Å². The molecule has 0 saturated carbocycles. The number of anilines is 1. The first-order valence-corrected chi connectivity index (χ1v) is 5.39. The maximum absolute atomic E-state index is 11.3. The Kier molecular flexibility index (Phi) is 4.66. The van der Waals surface area contributed by atoms with Gasteiger partial charge in [0.2, 0.25) is 11.8 Å². The zero-order valence-corrected chi connectivity index (χ0v) is 9.99. The van der Waals surface area contributed by atoms with Crippen LogP contribution in [0.4, 0.5) is 5.69 Å². The van der Waals surface area contributed by atoms with Gasteiger partial charge in [-0.2, -0.15) is 0 Å². The van der Waals surface area contributed by atoms with Gasteiger partial charge in [0.15, 0.2) is 0 Å². The zero-order chi connectivity index (χ0) is 12.8. The van der Waals surface area contributed by atoms with E-state index in [1.165, 1.54) is 0 Å². The van der Waals surface area contributed by atoms with Gasteiger partial charge in [-0.15, -0.1) is 0 Å². The molecule has 17 heavy (non-hydrogen) atoms. The van der Waals surface area contributed by atoms with Crippen LogP contribution in [-0.2, 0) is 16.0 Å². The summed E-state index contributed by atoms with van der Waals surface area (Å²) < 4.78 is 0. The highest BCUT2D eigenvalue weighted by molar-refractivity contribution is 5.94. The number of nitrogens with one attached hydrogen (secondary N) is 2. The van der Waals surface area contributed by atoms with Crippen LogP contribution in [-0.4, -0.2) is 24.9 Å². The molecule has 0 bridgehead atoms. The third-order valence-electron chi connectivity index (χ3n) is 2.28. The Hall–Kier alpha value is -1.88. The Balaban J connectivity index is 2.62. The van der Waals surface area contributed by atoms with E-state index in [1.807, 2.05) is 0 Å². The van der Waals surface area contributed by atoms with Crippen LogP contribution in [0.5, 0.6) is 0 Å². The van der Waals surface area contributed by atoms with Crippen molar-refractivity contribution < 1.29 is 9.59 Å². The van der Waals surface area contributed by atoms with Crippen LogP contribution in [0.1, 0.15) is 12.5 Å². The van der Waals surface area contributed by atoms with Crippen molar-refractivity contribution in [2.45, 2.75) is 19.4 Å². The standard InChI is InChI=1S/C12H17N3O2/c1-8(13)12(17)15-10-5-3-9(4-6-10)7-11(16)14-2/h3-6,8H,7,13H2,1-2H3,(H,14,16)(H,15,17). The summed E-state index contributed by atoms with van der Waals surface area (Å²) in [6.07, 6.45) is 0.331. The highest BCUT2D eigenvalue weighted by atomic mass is 16.2. The molecule has 2 amide bonds. The van der Waals surface area contributed by atoms with E-state index in [4.69, 9.17) is 5.73 Å². The molecule has 1 rings (SSSR count). The largest absolute Gasteiger partial charge is 0.359 e. The quantitative estimate of drug-likeness (QED) is 0.700. The van der Waals surface area contributed by atoms with E-state index in [0.29, 0.717) is 12.1 Å². The maximum atomic E-state index is 11.3. The number of benzene rings is 1. The lowest BCUT2D eigenvalue weighted by atomic mass is 10.1. The van der Waals surface area contributed by atoms with Gasteiger partial charge in [0.1, 0.15) is 0 Å². The second kappa shape index (κ2) is 6.00. The first kappa shape index (κ1) is 13.2. The van der Waals surface area contributed by atoms with E-state index in [1.54, 1.807) is 38.2 Å². The third kappa shape index (κ3) is 4.24. The number of amides is 2. The molecular formula is C12H17N3O2. The summed E-state index contributed by atoms with van der Waals surface area (Å²) in [6, 6.07) is 6.55. The normalized spacial score (nSPS) is 11.7. The van der Waals surface area contributed by atoms with Crippen LogP contribution in [0.2, 0.25) is 0 Å². The molecule has 0 saturated heterocycles. The Labute approximate surface area is 100 Å². The molecule has 5 heteroatoms. The van der Waals surface area contributed by atoms with Gasteiger partial charge in [-0.25, -0.2) is 0 Å². The van der Waals surface area contributed by atoms with E-state index >= 15 is 0 Å². The van der Waals surface area contributed by atoms with Crippen LogP contribution in [0.15, 0.2) is 24.3 Å². The molecule has 92 valence electrons. The molecule has 0 spiro atoms. The number of carbonyl (C=O) groups excluding carboxylic acids is 2. The average molecular weight is 235 g/mol. The molecule has 4 N–H and O–H groups in total. The molecule has 0 aliphatic heterocycles. The Morgan fingerprint density at radius 1 is 1.29 bits per heavy atom.